The van der Waals surface area contributed by atoms with Gasteiger partial charge in [0.25, 0.3) is 0 Å². The molecule has 118 valence electrons. The maximum Gasteiger partial charge on any atom is 0.335 e. The Balaban J connectivity index is 2.98. The molecule has 0 radical (unpaired) electrons. The second kappa shape index (κ2) is 6.57. The molecule has 0 fully saturated rings. The minimum absolute atomic E-state index is 0.00472. The molecule has 6 nitrogen and oxygen atoms in total. The Morgan fingerprint density at radius 3 is 2.29 bits per heavy atom. The monoisotopic (exact) mass is 334 g/mol. The van der Waals surface area contributed by atoms with Gasteiger partial charge in [-0.3, -0.25) is 0 Å². The van der Waals surface area contributed by atoms with Crippen LogP contribution in [0.15, 0.2) is 23.1 Å². The summed E-state index contributed by atoms with van der Waals surface area (Å²) in [6.07, 6.45) is -0.00472. The predicted octanol–water partition coefficient (Wildman–Crippen LogP) is 1.29. The second-order valence-electron chi connectivity index (χ2n) is 4.69. The van der Waals surface area contributed by atoms with Crippen molar-refractivity contribution in [3.63, 3.8) is 0 Å². The molecule has 0 saturated heterocycles. The number of sulfone groups is 2. The standard InChI is InChI=1S/C13H18O6S2/c1-3-20(16,17)7-4-8-21(18,19)12-9-11(13(14)15)6-5-10(12)2/h5-6,9H,3-4,7-8H2,1-2H3,(H,14,15). The van der Waals surface area contributed by atoms with Gasteiger partial charge in [0, 0.05) is 5.75 Å². The van der Waals surface area contributed by atoms with Gasteiger partial charge in [-0.2, -0.15) is 0 Å². The lowest BCUT2D eigenvalue weighted by atomic mass is 10.1. The smallest absolute Gasteiger partial charge is 0.335 e. The highest BCUT2D eigenvalue weighted by Crippen LogP contribution is 2.19. The Bertz CT molecular complexity index is 732. The summed E-state index contributed by atoms with van der Waals surface area (Å²) in [4.78, 5) is 10.8. The molecule has 1 aromatic rings. The Morgan fingerprint density at radius 2 is 1.76 bits per heavy atom. The van der Waals surface area contributed by atoms with Gasteiger partial charge < -0.3 is 5.11 Å². The first-order chi connectivity index (χ1) is 9.59. The quantitative estimate of drug-likeness (QED) is 0.805. The highest BCUT2D eigenvalue weighted by Gasteiger charge is 2.20. The number of carboxylic acids is 1. The third-order valence-corrected chi connectivity index (χ3v) is 6.80. The normalized spacial score (nSPS) is 12.3. The molecule has 0 spiro atoms. The molecule has 0 aliphatic rings. The van der Waals surface area contributed by atoms with Gasteiger partial charge in [0.05, 0.1) is 22.0 Å². The van der Waals surface area contributed by atoms with Crippen molar-refractivity contribution in [1.29, 1.82) is 0 Å². The number of rotatable bonds is 7. The predicted molar refractivity (Wildman–Crippen MR) is 79.1 cm³/mol. The summed E-state index contributed by atoms with van der Waals surface area (Å²) in [5.74, 6) is -1.75. The van der Waals surface area contributed by atoms with Crippen molar-refractivity contribution < 1.29 is 26.7 Å². The van der Waals surface area contributed by atoms with Crippen LogP contribution in [0, 0.1) is 6.92 Å². The largest absolute Gasteiger partial charge is 0.478 e. The lowest BCUT2D eigenvalue weighted by Gasteiger charge is -2.09. The van der Waals surface area contributed by atoms with Crippen LogP contribution in [0.1, 0.15) is 29.3 Å². The van der Waals surface area contributed by atoms with Gasteiger partial charge in [0.1, 0.15) is 9.84 Å². The third kappa shape index (κ3) is 4.82. The van der Waals surface area contributed by atoms with Gasteiger partial charge in [-0.25, -0.2) is 21.6 Å². The van der Waals surface area contributed by atoms with Crippen molar-refractivity contribution in [2.45, 2.75) is 25.2 Å². The Hall–Kier alpha value is -1.41. The number of carbonyl (C=O) groups is 1. The fourth-order valence-electron chi connectivity index (χ4n) is 1.79. The Morgan fingerprint density at radius 1 is 1.14 bits per heavy atom. The van der Waals surface area contributed by atoms with Crippen LogP contribution in [-0.4, -0.2) is 45.2 Å². The van der Waals surface area contributed by atoms with Crippen molar-refractivity contribution in [3.8, 4) is 0 Å². The molecule has 0 unspecified atom stereocenters. The number of aromatic carboxylic acids is 1. The molecule has 1 N–H and O–H groups in total. The van der Waals surface area contributed by atoms with Crippen LogP contribution in [-0.2, 0) is 19.7 Å². The zero-order chi connectivity index (χ0) is 16.3. The number of hydrogen-bond acceptors (Lipinski definition) is 5. The summed E-state index contributed by atoms with van der Waals surface area (Å²) >= 11 is 0. The maximum atomic E-state index is 12.2. The summed E-state index contributed by atoms with van der Waals surface area (Å²) in [6, 6.07) is 3.87. The van der Waals surface area contributed by atoms with Gasteiger partial charge in [0.15, 0.2) is 9.84 Å². The van der Waals surface area contributed by atoms with Gasteiger partial charge >= 0.3 is 5.97 Å². The fourth-order valence-corrected chi connectivity index (χ4v) is 4.46. The molecule has 1 rings (SSSR count). The third-order valence-electron chi connectivity index (χ3n) is 3.08. The van der Waals surface area contributed by atoms with Crippen LogP contribution in [0.25, 0.3) is 0 Å². The molecule has 21 heavy (non-hydrogen) atoms. The molecular formula is C13H18O6S2. The zero-order valence-electron chi connectivity index (χ0n) is 11.9. The van der Waals surface area contributed by atoms with Crippen LogP contribution in [0.5, 0.6) is 0 Å². The van der Waals surface area contributed by atoms with Gasteiger partial charge in [-0.1, -0.05) is 13.0 Å². The summed E-state index contributed by atoms with van der Waals surface area (Å²) in [5.41, 5.74) is 0.332. The van der Waals surface area contributed by atoms with E-state index in [1.54, 1.807) is 6.92 Å². The van der Waals surface area contributed by atoms with E-state index in [4.69, 9.17) is 5.11 Å². The average molecular weight is 334 g/mol. The zero-order valence-corrected chi connectivity index (χ0v) is 13.5. The lowest BCUT2D eigenvalue weighted by Crippen LogP contribution is -2.15. The van der Waals surface area contributed by atoms with Gasteiger partial charge in [-0.05, 0) is 31.0 Å². The summed E-state index contributed by atoms with van der Waals surface area (Å²) in [6.45, 7) is 3.08. The molecule has 0 amide bonds. The van der Waals surface area contributed by atoms with E-state index < -0.39 is 25.6 Å². The van der Waals surface area contributed by atoms with E-state index in [1.807, 2.05) is 0 Å². The molecule has 0 bridgehead atoms. The van der Waals surface area contributed by atoms with E-state index in [9.17, 15) is 21.6 Å². The molecule has 0 atom stereocenters. The Kier molecular flexibility index (Phi) is 5.52. The van der Waals surface area contributed by atoms with Crippen LogP contribution in [0.2, 0.25) is 0 Å². The van der Waals surface area contributed by atoms with Crippen molar-refractivity contribution in [3.05, 3.63) is 29.3 Å². The summed E-state index contributed by atoms with van der Waals surface area (Å²) in [7, 11) is -6.92. The highest BCUT2D eigenvalue weighted by molar-refractivity contribution is 7.92. The molecule has 0 aliphatic carbocycles. The second-order valence-corrected chi connectivity index (χ2v) is 9.24. The van der Waals surface area contributed by atoms with E-state index in [0.717, 1.165) is 6.07 Å². The minimum Gasteiger partial charge on any atom is -0.478 e. The first kappa shape index (κ1) is 17.6. The van der Waals surface area contributed by atoms with Crippen molar-refractivity contribution in [2.75, 3.05) is 17.3 Å². The van der Waals surface area contributed by atoms with Crippen LogP contribution >= 0.6 is 0 Å². The molecule has 0 heterocycles. The number of carboxylic acid groups (broad SMARTS) is 1. The average Bonchev–Trinajstić information content (AvgIpc) is 2.38. The topological polar surface area (TPSA) is 106 Å². The molecule has 8 heteroatoms. The minimum atomic E-state index is -3.71. The van der Waals surface area contributed by atoms with Crippen LogP contribution < -0.4 is 0 Å². The van der Waals surface area contributed by atoms with E-state index in [2.05, 4.69) is 0 Å². The number of hydrogen-bond donors (Lipinski definition) is 1. The van der Waals surface area contributed by atoms with Crippen molar-refractivity contribution in [2.24, 2.45) is 0 Å². The van der Waals surface area contributed by atoms with Gasteiger partial charge in [-0.15, -0.1) is 0 Å². The summed E-state index contributed by atoms with van der Waals surface area (Å²) < 4.78 is 47.1. The van der Waals surface area contributed by atoms with E-state index in [-0.39, 0.29) is 34.1 Å². The lowest BCUT2D eigenvalue weighted by molar-refractivity contribution is 0.0696. The van der Waals surface area contributed by atoms with Gasteiger partial charge in [0.2, 0.25) is 0 Å². The SMILES string of the molecule is CCS(=O)(=O)CCCS(=O)(=O)c1cc(C(=O)O)ccc1C. The number of aryl methyl sites for hydroxylation is 1. The van der Waals surface area contributed by atoms with E-state index in [0.29, 0.717) is 5.56 Å². The molecule has 1 aromatic carbocycles. The molecule has 0 saturated carbocycles. The highest BCUT2D eigenvalue weighted by atomic mass is 32.2. The molecular weight excluding hydrogens is 316 g/mol. The van der Waals surface area contributed by atoms with E-state index in [1.165, 1.54) is 19.1 Å². The first-order valence-corrected chi connectivity index (χ1v) is 9.83. The molecule has 0 aliphatic heterocycles. The molecule has 0 aromatic heterocycles. The van der Waals surface area contributed by atoms with E-state index >= 15 is 0 Å². The number of benzene rings is 1. The van der Waals surface area contributed by atoms with Crippen LogP contribution in [0.4, 0.5) is 0 Å². The maximum absolute atomic E-state index is 12.2. The fraction of sp³-hybridized carbons (Fsp3) is 0.462. The first-order valence-electron chi connectivity index (χ1n) is 6.36. The van der Waals surface area contributed by atoms with Crippen LogP contribution in [0.3, 0.4) is 0 Å². The van der Waals surface area contributed by atoms with Crippen molar-refractivity contribution in [1.82, 2.24) is 0 Å². The summed E-state index contributed by atoms with van der Waals surface area (Å²) in [5, 5.41) is 8.91. The Labute approximate surface area is 124 Å². The van der Waals surface area contributed by atoms with Crippen molar-refractivity contribution >= 4 is 25.6 Å².